The highest BCUT2D eigenvalue weighted by Crippen LogP contribution is 2.44. The molecular formula is C27H29N3O4. The number of anilines is 1. The molecule has 0 fully saturated rings. The van der Waals surface area contributed by atoms with Crippen molar-refractivity contribution in [3.63, 3.8) is 0 Å². The molecule has 0 unspecified atom stereocenters. The maximum absolute atomic E-state index is 12.4. The van der Waals surface area contributed by atoms with Crippen molar-refractivity contribution in [2.75, 3.05) is 11.9 Å². The molecule has 7 heteroatoms. The zero-order valence-corrected chi connectivity index (χ0v) is 19.7. The molecule has 0 aliphatic heterocycles. The fraction of sp³-hybridized carbons (Fsp3) is 0.333. The standard InChI is InChI=1S/C27H29N3O4/c1-27(2,3)34-24(31)14-8-9-18-15-28-25(29-16-18)30-26(32)33-17-23-21-12-6-4-10-19(21)20-11-5-7-13-22(20)23/h4-7,10-13,15-16,23H,8-9,14,17H2,1-3H3,(H,28,29,30,32). The summed E-state index contributed by atoms with van der Waals surface area (Å²) in [5.41, 5.74) is 5.07. The van der Waals surface area contributed by atoms with Crippen LogP contribution in [0.1, 0.15) is 56.2 Å². The molecule has 176 valence electrons. The maximum atomic E-state index is 12.4. The van der Waals surface area contributed by atoms with Crippen molar-refractivity contribution >= 4 is 18.0 Å². The van der Waals surface area contributed by atoms with Gasteiger partial charge in [-0.15, -0.1) is 0 Å². The molecule has 2 aromatic carbocycles. The van der Waals surface area contributed by atoms with Gasteiger partial charge in [-0.25, -0.2) is 14.8 Å². The summed E-state index contributed by atoms with van der Waals surface area (Å²) in [5.74, 6) is -0.0542. The number of nitrogens with zero attached hydrogens (tertiary/aromatic N) is 2. The van der Waals surface area contributed by atoms with Gasteiger partial charge in [-0.1, -0.05) is 48.5 Å². The van der Waals surface area contributed by atoms with Gasteiger partial charge in [-0.05, 0) is 61.4 Å². The topological polar surface area (TPSA) is 90.4 Å². The molecule has 0 saturated carbocycles. The van der Waals surface area contributed by atoms with Gasteiger partial charge in [0, 0.05) is 24.7 Å². The predicted molar refractivity (Wildman–Crippen MR) is 130 cm³/mol. The first-order valence-corrected chi connectivity index (χ1v) is 11.4. The minimum Gasteiger partial charge on any atom is -0.460 e. The maximum Gasteiger partial charge on any atom is 0.414 e. The lowest BCUT2D eigenvalue weighted by Crippen LogP contribution is -2.23. The Morgan fingerprint density at radius 2 is 1.53 bits per heavy atom. The van der Waals surface area contributed by atoms with E-state index in [2.05, 4.69) is 39.6 Å². The molecule has 1 aliphatic rings. The van der Waals surface area contributed by atoms with E-state index >= 15 is 0 Å². The molecule has 34 heavy (non-hydrogen) atoms. The lowest BCUT2D eigenvalue weighted by molar-refractivity contribution is -0.154. The molecule has 7 nitrogen and oxygen atoms in total. The van der Waals surface area contributed by atoms with Gasteiger partial charge in [0.1, 0.15) is 12.2 Å². The van der Waals surface area contributed by atoms with Crippen LogP contribution in [0.2, 0.25) is 0 Å². The molecule has 1 amide bonds. The number of carbonyl (C=O) groups excluding carboxylic acids is 2. The van der Waals surface area contributed by atoms with Crippen LogP contribution in [0.4, 0.5) is 10.7 Å². The summed E-state index contributed by atoms with van der Waals surface area (Å²) in [6.07, 6.45) is 4.29. The molecule has 0 saturated heterocycles. The van der Waals surface area contributed by atoms with Crippen LogP contribution in [0.15, 0.2) is 60.9 Å². The van der Waals surface area contributed by atoms with Crippen molar-refractivity contribution in [1.82, 2.24) is 9.97 Å². The third kappa shape index (κ3) is 5.78. The van der Waals surface area contributed by atoms with Gasteiger partial charge in [-0.2, -0.15) is 0 Å². The average molecular weight is 460 g/mol. The zero-order chi connectivity index (χ0) is 24.1. The smallest absolute Gasteiger partial charge is 0.414 e. The van der Waals surface area contributed by atoms with Gasteiger partial charge in [0.25, 0.3) is 0 Å². The van der Waals surface area contributed by atoms with E-state index in [0.29, 0.717) is 19.3 Å². The van der Waals surface area contributed by atoms with Crippen molar-refractivity contribution < 1.29 is 19.1 Å². The van der Waals surface area contributed by atoms with E-state index in [1.807, 2.05) is 45.0 Å². The zero-order valence-electron chi connectivity index (χ0n) is 19.7. The van der Waals surface area contributed by atoms with E-state index in [-0.39, 0.29) is 24.4 Å². The summed E-state index contributed by atoms with van der Waals surface area (Å²) < 4.78 is 10.8. The minimum atomic E-state index is -0.598. The van der Waals surface area contributed by atoms with Gasteiger partial charge in [0.15, 0.2) is 0 Å². The number of hydrogen-bond acceptors (Lipinski definition) is 6. The van der Waals surface area contributed by atoms with E-state index in [4.69, 9.17) is 9.47 Å². The lowest BCUT2D eigenvalue weighted by atomic mass is 9.98. The molecule has 0 spiro atoms. The highest BCUT2D eigenvalue weighted by Gasteiger charge is 2.29. The van der Waals surface area contributed by atoms with Gasteiger partial charge in [0.2, 0.25) is 5.95 Å². The predicted octanol–water partition coefficient (Wildman–Crippen LogP) is 5.50. The summed E-state index contributed by atoms with van der Waals surface area (Å²) in [6, 6.07) is 16.4. The van der Waals surface area contributed by atoms with E-state index in [1.165, 1.54) is 11.1 Å². The van der Waals surface area contributed by atoms with E-state index < -0.39 is 11.7 Å². The van der Waals surface area contributed by atoms with E-state index in [0.717, 1.165) is 16.7 Å². The van der Waals surface area contributed by atoms with Gasteiger partial charge >= 0.3 is 12.1 Å². The third-order valence-corrected chi connectivity index (χ3v) is 5.53. The molecule has 0 radical (unpaired) electrons. The Kier molecular flexibility index (Phi) is 6.91. The van der Waals surface area contributed by atoms with Crippen molar-refractivity contribution in [1.29, 1.82) is 0 Å². The van der Waals surface area contributed by atoms with Crippen LogP contribution >= 0.6 is 0 Å². The van der Waals surface area contributed by atoms with Crippen molar-refractivity contribution in [3.05, 3.63) is 77.6 Å². The Balaban J connectivity index is 1.27. The first kappa shape index (κ1) is 23.4. The Morgan fingerprint density at radius 1 is 0.941 bits per heavy atom. The normalized spacial score (nSPS) is 12.6. The second-order valence-electron chi connectivity index (χ2n) is 9.31. The Bertz CT molecular complexity index is 1120. The number of fused-ring (bicyclic) bond motifs is 3. The SMILES string of the molecule is CC(C)(C)OC(=O)CCCc1cnc(NC(=O)OCC2c3ccccc3-c3ccccc32)nc1. The second-order valence-corrected chi connectivity index (χ2v) is 9.31. The van der Waals surface area contributed by atoms with Crippen LogP contribution < -0.4 is 5.32 Å². The number of amides is 1. The van der Waals surface area contributed by atoms with E-state index in [9.17, 15) is 9.59 Å². The molecule has 1 heterocycles. The number of hydrogen-bond donors (Lipinski definition) is 1. The number of carbonyl (C=O) groups is 2. The van der Waals surface area contributed by atoms with Crippen LogP contribution in [-0.4, -0.2) is 34.2 Å². The largest absolute Gasteiger partial charge is 0.460 e. The number of rotatable bonds is 7. The van der Waals surface area contributed by atoms with E-state index in [1.54, 1.807) is 12.4 Å². The van der Waals surface area contributed by atoms with Crippen molar-refractivity contribution in [2.24, 2.45) is 0 Å². The molecule has 4 rings (SSSR count). The summed E-state index contributed by atoms with van der Waals surface area (Å²) in [7, 11) is 0. The molecule has 3 aromatic rings. The lowest BCUT2D eigenvalue weighted by Gasteiger charge is -2.19. The van der Waals surface area contributed by atoms with Crippen LogP contribution in [0.5, 0.6) is 0 Å². The molecule has 1 aromatic heterocycles. The Hall–Kier alpha value is -3.74. The Labute approximate surface area is 199 Å². The highest BCUT2D eigenvalue weighted by atomic mass is 16.6. The van der Waals surface area contributed by atoms with Crippen LogP contribution in [0.25, 0.3) is 11.1 Å². The summed E-state index contributed by atoms with van der Waals surface area (Å²) in [5, 5.41) is 2.58. The molecule has 1 aliphatic carbocycles. The number of esters is 1. The molecule has 0 bridgehead atoms. The van der Waals surface area contributed by atoms with Gasteiger partial charge in [-0.3, -0.25) is 10.1 Å². The summed E-state index contributed by atoms with van der Waals surface area (Å²) in [4.78, 5) is 32.6. The van der Waals surface area contributed by atoms with Crippen LogP contribution in [-0.2, 0) is 20.7 Å². The van der Waals surface area contributed by atoms with Crippen LogP contribution in [0.3, 0.4) is 0 Å². The summed E-state index contributed by atoms with van der Waals surface area (Å²) in [6.45, 7) is 5.77. The van der Waals surface area contributed by atoms with Crippen molar-refractivity contribution in [3.8, 4) is 11.1 Å². The highest BCUT2D eigenvalue weighted by molar-refractivity contribution is 5.83. The Morgan fingerprint density at radius 3 is 2.12 bits per heavy atom. The first-order chi connectivity index (χ1) is 16.3. The molecular weight excluding hydrogens is 430 g/mol. The summed E-state index contributed by atoms with van der Waals surface area (Å²) >= 11 is 0. The minimum absolute atomic E-state index is 0.00795. The monoisotopic (exact) mass is 459 g/mol. The quantitative estimate of drug-likeness (QED) is 0.469. The average Bonchev–Trinajstić information content (AvgIpc) is 3.11. The van der Waals surface area contributed by atoms with Gasteiger partial charge < -0.3 is 9.47 Å². The van der Waals surface area contributed by atoms with Crippen molar-refractivity contribution in [2.45, 2.75) is 51.6 Å². The fourth-order valence-electron chi connectivity index (χ4n) is 4.10. The number of aromatic nitrogens is 2. The second kappa shape index (κ2) is 10.0. The molecule has 0 atom stereocenters. The van der Waals surface area contributed by atoms with Crippen LogP contribution in [0, 0.1) is 0 Å². The number of nitrogens with one attached hydrogen (secondary N) is 1. The number of benzene rings is 2. The third-order valence-electron chi connectivity index (χ3n) is 5.53. The first-order valence-electron chi connectivity index (χ1n) is 11.4. The number of aryl methyl sites for hydroxylation is 1. The van der Waals surface area contributed by atoms with Gasteiger partial charge in [0.05, 0.1) is 0 Å². The molecule has 1 N–H and O–H groups in total. The number of ether oxygens (including phenoxy) is 2. The fourth-order valence-corrected chi connectivity index (χ4v) is 4.10.